The maximum Gasteiger partial charge on any atom is 0.399 e. The van der Waals surface area contributed by atoms with E-state index in [0.717, 1.165) is 5.56 Å². The maximum atomic E-state index is 12.7. The van der Waals surface area contributed by atoms with Crippen LogP contribution in [0.15, 0.2) is 18.2 Å². The summed E-state index contributed by atoms with van der Waals surface area (Å²) in [7, 11) is 0. The molecule has 0 aromatic heterocycles. The van der Waals surface area contributed by atoms with Gasteiger partial charge < -0.3 is 0 Å². The Morgan fingerprint density at radius 3 is 2.28 bits per heavy atom. The van der Waals surface area contributed by atoms with E-state index < -0.39 is 17.9 Å². The zero-order valence-electron chi connectivity index (χ0n) is 10.6. The zero-order chi connectivity index (χ0) is 13.7. The number of benzene rings is 1. The van der Waals surface area contributed by atoms with Gasteiger partial charge in [-0.15, -0.1) is 0 Å². The molecule has 1 aliphatic rings. The fraction of sp³-hybridized carbons (Fsp3) is 0.500. The molecule has 1 aromatic carbocycles. The van der Waals surface area contributed by atoms with E-state index in [0.29, 0.717) is 5.56 Å². The summed E-state index contributed by atoms with van der Waals surface area (Å²) in [6, 6.07) is 5.01. The molecular formula is C14H15F3O. The highest BCUT2D eigenvalue weighted by molar-refractivity contribution is 6.02. The van der Waals surface area contributed by atoms with E-state index in [4.69, 9.17) is 0 Å². The van der Waals surface area contributed by atoms with Crippen LogP contribution in [0.4, 0.5) is 13.2 Å². The van der Waals surface area contributed by atoms with Gasteiger partial charge in [0.15, 0.2) is 5.78 Å². The lowest BCUT2D eigenvalue weighted by Gasteiger charge is -2.19. The average molecular weight is 256 g/mol. The van der Waals surface area contributed by atoms with Crippen molar-refractivity contribution in [2.45, 2.75) is 38.8 Å². The smallest absolute Gasteiger partial charge is 0.293 e. The number of Topliss-reactive ketones (excluding diaryl/α,β-unsaturated/α-hetero) is 1. The molecule has 0 fully saturated rings. The molecule has 98 valence electrons. The van der Waals surface area contributed by atoms with Crippen molar-refractivity contribution in [3.05, 3.63) is 34.9 Å². The van der Waals surface area contributed by atoms with Crippen molar-refractivity contribution in [2.75, 3.05) is 0 Å². The fourth-order valence-electron chi connectivity index (χ4n) is 2.23. The van der Waals surface area contributed by atoms with E-state index in [9.17, 15) is 18.0 Å². The molecule has 0 aliphatic heterocycles. The first kappa shape index (κ1) is 13.1. The number of rotatable bonds is 0. The first-order valence-corrected chi connectivity index (χ1v) is 5.85. The number of halogens is 3. The minimum Gasteiger partial charge on any atom is -0.293 e. The maximum absolute atomic E-state index is 12.7. The molecule has 1 nitrogen and oxygen atoms in total. The number of fused-ring (bicyclic) bond motifs is 1. The van der Waals surface area contributed by atoms with Gasteiger partial charge in [0.25, 0.3) is 0 Å². The van der Waals surface area contributed by atoms with Gasteiger partial charge >= 0.3 is 6.18 Å². The molecule has 1 atom stereocenters. The highest BCUT2D eigenvalue weighted by Crippen LogP contribution is 2.39. The Morgan fingerprint density at radius 1 is 1.17 bits per heavy atom. The van der Waals surface area contributed by atoms with Crippen LogP contribution in [0.5, 0.6) is 0 Å². The Bertz CT molecular complexity index is 495. The SMILES string of the molecule is CC(C)(C)c1ccc2c(c1)CC(C(F)(F)F)C2=O. The van der Waals surface area contributed by atoms with Crippen molar-refractivity contribution < 1.29 is 18.0 Å². The summed E-state index contributed by atoms with van der Waals surface area (Å²) in [6.45, 7) is 5.98. The quantitative estimate of drug-likeness (QED) is 0.688. The number of ketones is 1. The van der Waals surface area contributed by atoms with Gasteiger partial charge in [-0.1, -0.05) is 39.0 Å². The fourth-order valence-corrected chi connectivity index (χ4v) is 2.23. The van der Waals surface area contributed by atoms with Gasteiger partial charge in [0, 0.05) is 5.56 Å². The van der Waals surface area contributed by atoms with E-state index in [1.807, 2.05) is 20.8 Å². The Morgan fingerprint density at radius 2 is 1.78 bits per heavy atom. The molecule has 2 rings (SSSR count). The molecule has 0 amide bonds. The second kappa shape index (κ2) is 3.84. The monoisotopic (exact) mass is 256 g/mol. The molecule has 4 heteroatoms. The lowest BCUT2D eigenvalue weighted by molar-refractivity contribution is -0.158. The van der Waals surface area contributed by atoms with Crippen molar-refractivity contribution in [2.24, 2.45) is 5.92 Å². The van der Waals surface area contributed by atoms with Crippen LogP contribution in [0.25, 0.3) is 0 Å². The van der Waals surface area contributed by atoms with Crippen LogP contribution in [0.2, 0.25) is 0 Å². The number of alkyl halides is 3. The van der Waals surface area contributed by atoms with Crippen LogP contribution < -0.4 is 0 Å². The summed E-state index contributed by atoms with van der Waals surface area (Å²) in [5, 5.41) is 0. The Balaban J connectivity index is 2.41. The number of carbonyl (C=O) groups is 1. The summed E-state index contributed by atoms with van der Waals surface area (Å²) < 4.78 is 38.1. The lowest BCUT2D eigenvalue weighted by Crippen LogP contribution is -2.27. The molecule has 0 N–H and O–H groups in total. The van der Waals surface area contributed by atoms with Crippen LogP contribution in [0.1, 0.15) is 42.3 Å². The van der Waals surface area contributed by atoms with Crippen molar-refractivity contribution in [1.82, 2.24) is 0 Å². The molecule has 0 bridgehead atoms. The van der Waals surface area contributed by atoms with Gasteiger partial charge in [-0.3, -0.25) is 4.79 Å². The third kappa shape index (κ3) is 2.16. The van der Waals surface area contributed by atoms with Gasteiger partial charge in [-0.2, -0.15) is 13.2 Å². The molecule has 0 saturated heterocycles. The second-order valence-electron chi connectivity index (χ2n) is 5.78. The third-order valence-electron chi connectivity index (χ3n) is 3.37. The summed E-state index contributed by atoms with van der Waals surface area (Å²) in [5.74, 6) is -2.65. The molecule has 18 heavy (non-hydrogen) atoms. The van der Waals surface area contributed by atoms with Crippen molar-refractivity contribution in [1.29, 1.82) is 0 Å². The average Bonchev–Trinajstić information content (AvgIpc) is 2.54. The summed E-state index contributed by atoms with van der Waals surface area (Å²) in [6.07, 6.45) is -4.67. The van der Waals surface area contributed by atoms with Crippen LogP contribution in [0, 0.1) is 5.92 Å². The molecule has 0 saturated carbocycles. The molecule has 1 unspecified atom stereocenters. The molecule has 0 radical (unpaired) electrons. The van der Waals surface area contributed by atoms with Gasteiger partial charge in [0.1, 0.15) is 5.92 Å². The van der Waals surface area contributed by atoms with Crippen LogP contribution in [0.3, 0.4) is 0 Å². The number of hydrogen-bond acceptors (Lipinski definition) is 1. The van der Waals surface area contributed by atoms with E-state index in [-0.39, 0.29) is 17.4 Å². The van der Waals surface area contributed by atoms with E-state index in [1.165, 1.54) is 6.07 Å². The Kier molecular flexibility index (Phi) is 2.80. The number of carbonyl (C=O) groups excluding carboxylic acids is 1. The minimum atomic E-state index is -4.45. The van der Waals surface area contributed by atoms with E-state index >= 15 is 0 Å². The second-order valence-corrected chi connectivity index (χ2v) is 5.78. The molecule has 0 spiro atoms. The van der Waals surface area contributed by atoms with Gasteiger partial charge in [-0.05, 0) is 23.0 Å². The first-order chi connectivity index (χ1) is 8.10. The normalized spacial score (nSPS) is 20.1. The number of hydrogen-bond donors (Lipinski definition) is 0. The van der Waals surface area contributed by atoms with Gasteiger partial charge in [0.05, 0.1) is 0 Å². The standard InChI is InChI=1S/C14H15F3O/c1-13(2,3)9-4-5-10-8(6-9)7-11(12(10)18)14(15,16)17/h4-6,11H,7H2,1-3H3. The Hall–Kier alpha value is -1.32. The predicted octanol–water partition coefficient (Wildman–Crippen LogP) is 3.90. The predicted molar refractivity (Wildman–Crippen MR) is 62.7 cm³/mol. The van der Waals surface area contributed by atoms with Crippen LogP contribution in [-0.4, -0.2) is 12.0 Å². The lowest BCUT2D eigenvalue weighted by atomic mass is 9.85. The highest BCUT2D eigenvalue weighted by atomic mass is 19.4. The van der Waals surface area contributed by atoms with E-state index in [1.54, 1.807) is 12.1 Å². The molecular weight excluding hydrogens is 241 g/mol. The first-order valence-electron chi connectivity index (χ1n) is 5.85. The summed E-state index contributed by atoms with van der Waals surface area (Å²) in [5.41, 5.74) is 1.57. The summed E-state index contributed by atoms with van der Waals surface area (Å²) in [4.78, 5) is 11.7. The van der Waals surface area contributed by atoms with Crippen molar-refractivity contribution in [3.63, 3.8) is 0 Å². The van der Waals surface area contributed by atoms with E-state index in [2.05, 4.69) is 0 Å². The zero-order valence-corrected chi connectivity index (χ0v) is 10.6. The van der Waals surface area contributed by atoms with Crippen molar-refractivity contribution >= 4 is 5.78 Å². The molecule has 1 aliphatic carbocycles. The molecule has 0 heterocycles. The minimum absolute atomic E-state index is 0.131. The summed E-state index contributed by atoms with van der Waals surface area (Å²) >= 11 is 0. The topological polar surface area (TPSA) is 17.1 Å². The van der Waals surface area contributed by atoms with Crippen molar-refractivity contribution in [3.8, 4) is 0 Å². The van der Waals surface area contributed by atoms with Crippen LogP contribution in [-0.2, 0) is 11.8 Å². The largest absolute Gasteiger partial charge is 0.399 e. The van der Waals surface area contributed by atoms with Gasteiger partial charge in [0.2, 0.25) is 0 Å². The van der Waals surface area contributed by atoms with Crippen LogP contribution >= 0.6 is 0 Å². The van der Waals surface area contributed by atoms with Gasteiger partial charge in [-0.25, -0.2) is 0 Å². The highest BCUT2D eigenvalue weighted by Gasteiger charge is 2.49. The Labute approximate surface area is 104 Å². The molecule has 1 aromatic rings. The third-order valence-corrected chi connectivity index (χ3v) is 3.37.